The van der Waals surface area contributed by atoms with E-state index in [2.05, 4.69) is 21.2 Å². The number of hydrogen-bond donors (Lipinski definition) is 1. The zero-order valence-corrected chi connectivity index (χ0v) is 19.0. The van der Waals surface area contributed by atoms with Gasteiger partial charge in [0.05, 0.1) is 10.5 Å². The molecular weight excluding hydrogens is 440 g/mol. The van der Waals surface area contributed by atoms with Gasteiger partial charge in [-0.1, -0.05) is 39.8 Å². The highest BCUT2D eigenvalue weighted by molar-refractivity contribution is 9.10. The topological polar surface area (TPSA) is 66.5 Å². The van der Waals surface area contributed by atoms with E-state index in [9.17, 15) is 13.2 Å². The maximum Gasteiger partial charge on any atom is 0.256 e. The molecule has 0 aromatic heterocycles. The molecule has 2 rings (SSSR count). The van der Waals surface area contributed by atoms with Gasteiger partial charge in [-0.25, -0.2) is 8.42 Å². The minimum atomic E-state index is -3.58. The molecule has 0 heterocycles. The van der Waals surface area contributed by atoms with Crippen LogP contribution in [0.4, 0.5) is 5.69 Å². The molecule has 1 N–H and O–H groups in total. The van der Waals surface area contributed by atoms with E-state index in [4.69, 9.17) is 0 Å². The highest BCUT2D eigenvalue weighted by Crippen LogP contribution is 2.22. The van der Waals surface area contributed by atoms with Crippen LogP contribution in [0.2, 0.25) is 0 Å². The highest BCUT2D eigenvalue weighted by atomic mass is 79.9. The third kappa shape index (κ3) is 5.90. The first-order chi connectivity index (χ1) is 13.1. The first-order valence-electron chi connectivity index (χ1n) is 9.27. The Bertz CT molecular complexity index is 900. The molecule has 7 heteroatoms. The first kappa shape index (κ1) is 22.6. The second kappa shape index (κ2) is 9.67. The molecule has 0 aliphatic rings. The van der Waals surface area contributed by atoms with Crippen molar-refractivity contribution in [3.05, 3.63) is 58.6 Å². The molecule has 0 aliphatic carbocycles. The molecule has 0 atom stereocenters. The van der Waals surface area contributed by atoms with Gasteiger partial charge < -0.3 is 5.32 Å². The molecule has 0 radical (unpaired) electrons. The molecule has 0 saturated carbocycles. The number of sulfonamides is 1. The Morgan fingerprint density at radius 1 is 0.964 bits per heavy atom. The summed E-state index contributed by atoms with van der Waals surface area (Å²) in [4.78, 5) is 12.6. The van der Waals surface area contributed by atoms with Crippen molar-refractivity contribution >= 4 is 37.5 Å². The van der Waals surface area contributed by atoms with Gasteiger partial charge in [0.15, 0.2) is 0 Å². The predicted octanol–water partition coefficient (Wildman–Crippen LogP) is 5.00. The zero-order chi connectivity index (χ0) is 20.9. The second-order valence-corrected chi connectivity index (χ2v) is 10.4. The molecule has 1 amide bonds. The summed E-state index contributed by atoms with van der Waals surface area (Å²) in [6.07, 6.45) is 0. The molecule has 152 valence electrons. The number of nitrogens with one attached hydrogen (secondary N) is 1. The van der Waals surface area contributed by atoms with E-state index >= 15 is 0 Å². The molecular formula is C21H27BrN2O3S. The van der Waals surface area contributed by atoms with Gasteiger partial charge in [0.1, 0.15) is 0 Å². The number of anilines is 1. The van der Waals surface area contributed by atoms with Gasteiger partial charge in [-0.15, -0.1) is 0 Å². The molecule has 0 saturated heterocycles. The van der Waals surface area contributed by atoms with Crippen molar-refractivity contribution in [2.45, 2.75) is 32.6 Å². The average molecular weight is 467 g/mol. The standard InChI is InChI=1S/C21H27BrN2O3S/c1-15(2)13-24(14-16(3)4)28(26,27)18-11-9-17(10-12-18)23-21(25)19-7-5-6-8-20(19)22/h5-12,15-16H,13-14H2,1-4H3,(H,23,25). The van der Waals surface area contributed by atoms with Crippen molar-refractivity contribution in [1.82, 2.24) is 4.31 Å². The molecule has 0 aliphatic heterocycles. The van der Waals surface area contributed by atoms with Crippen LogP contribution >= 0.6 is 15.9 Å². The fourth-order valence-corrected chi connectivity index (χ4v) is 5.02. The lowest BCUT2D eigenvalue weighted by Gasteiger charge is -2.25. The van der Waals surface area contributed by atoms with Gasteiger partial charge in [-0.2, -0.15) is 4.31 Å². The summed E-state index contributed by atoms with van der Waals surface area (Å²) in [6.45, 7) is 8.96. The summed E-state index contributed by atoms with van der Waals surface area (Å²) in [7, 11) is -3.58. The van der Waals surface area contributed by atoms with Crippen molar-refractivity contribution in [3.8, 4) is 0 Å². The zero-order valence-electron chi connectivity index (χ0n) is 16.6. The van der Waals surface area contributed by atoms with Crippen LogP contribution in [0.1, 0.15) is 38.1 Å². The van der Waals surface area contributed by atoms with Crippen molar-refractivity contribution in [2.24, 2.45) is 11.8 Å². The quantitative estimate of drug-likeness (QED) is 0.594. The van der Waals surface area contributed by atoms with Gasteiger partial charge in [-0.3, -0.25) is 4.79 Å². The molecule has 0 unspecified atom stereocenters. The number of carbonyl (C=O) groups excluding carboxylic acids is 1. The molecule has 28 heavy (non-hydrogen) atoms. The summed E-state index contributed by atoms with van der Waals surface area (Å²) in [5.41, 5.74) is 1.05. The number of benzene rings is 2. The van der Waals surface area contributed by atoms with E-state index in [1.165, 1.54) is 4.31 Å². The highest BCUT2D eigenvalue weighted by Gasteiger charge is 2.25. The summed E-state index contributed by atoms with van der Waals surface area (Å²) >= 11 is 3.36. The monoisotopic (exact) mass is 466 g/mol. The second-order valence-electron chi connectivity index (χ2n) is 7.57. The van der Waals surface area contributed by atoms with Crippen LogP contribution < -0.4 is 5.32 Å². The number of carbonyl (C=O) groups is 1. The van der Waals surface area contributed by atoms with Gasteiger partial charge >= 0.3 is 0 Å². The van der Waals surface area contributed by atoms with Crippen LogP contribution in [-0.2, 0) is 10.0 Å². The Labute approximate surface area is 176 Å². The van der Waals surface area contributed by atoms with Crippen molar-refractivity contribution in [3.63, 3.8) is 0 Å². The third-order valence-electron chi connectivity index (χ3n) is 4.01. The van der Waals surface area contributed by atoms with E-state index in [-0.39, 0.29) is 22.6 Å². The molecule has 0 fully saturated rings. The van der Waals surface area contributed by atoms with Crippen LogP contribution in [0.3, 0.4) is 0 Å². The van der Waals surface area contributed by atoms with E-state index in [1.807, 2.05) is 33.8 Å². The Balaban J connectivity index is 2.20. The van der Waals surface area contributed by atoms with E-state index < -0.39 is 10.0 Å². The molecule has 0 bridgehead atoms. The lowest BCUT2D eigenvalue weighted by Crippen LogP contribution is -2.37. The normalized spacial score (nSPS) is 12.0. The average Bonchev–Trinajstić information content (AvgIpc) is 2.61. The van der Waals surface area contributed by atoms with Gasteiger partial charge in [0, 0.05) is 23.2 Å². The maximum atomic E-state index is 13.0. The summed E-state index contributed by atoms with van der Waals surface area (Å²) in [5, 5.41) is 2.79. The van der Waals surface area contributed by atoms with Gasteiger partial charge in [-0.05, 0) is 64.2 Å². The van der Waals surface area contributed by atoms with E-state index in [0.717, 1.165) is 0 Å². The fourth-order valence-electron chi connectivity index (χ4n) is 2.79. The van der Waals surface area contributed by atoms with E-state index in [1.54, 1.807) is 42.5 Å². The number of amides is 1. The molecule has 2 aromatic rings. The Morgan fingerprint density at radius 3 is 2.00 bits per heavy atom. The lowest BCUT2D eigenvalue weighted by atomic mass is 10.2. The van der Waals surface area contributed by atoms with Crippen LogP contribution in [0.5, 0.6) is 0 Å². The number of nitrogens with zero attached hydrogens (tertiary/aromatic N) is 1. The summed E-state index contributed by atoms with van der Waals surface area (Å²) in [6, 6.07) is 13.4. The van der Waals surface area contributed by atoms with Crippen LogP contribution in [0.25, 0.3) is 0 Å². The summed E-state index contributed by atoms with van der Waals surface area (Å²) < 4.78 is 28.3. The van der Waals surface area contributed by atoms with Crippen LogP contribution in [-0.4, -0.2) is 31.7 Å². The first-order valence-corrected chi connectivity index (χ1v) is 11.5. The Hall–Kier alpha value is -1.70. The SMILES string of the molecule is CC(C)CN(CC(C)C)S(=O)(=O)c1ccc(NC(=O)c2ccccc2Br)cc1. The van der Waals surface area contributed by atoms with Crippen molar-refractivity contribution in [2.75, 3.05) is 18.4 Å². The smallest absolute Gasteiger partial charge is 0.256 e. The minimum absolute atomic E-state index is 0.229. The minimum Gasteiger partial charge on any atom is -0.322 e. The van der Waals surface area contributed by atoms with E-state index in [0.29, 0.717) is 28.8 Å². The van der Waals surface area contributed by atoms with Crippen LogP contribution in [0.15, 0.2) is 57.9 Å². The Morgan fingerprint density at radius 2 is 1.50 bits per heavy atom. The molecule has 0 spiro atoms. The Kier molecular flexibility index (Phi) is 7.80. The van der Waals surface area contributed by atoms with Crippen molar-refractivity contribution in [1.29, 1.82) is 0 Å². The third-order valence-corrected chi connectivity index (χ3v) is 6.54. The number of rotatable bonds is 8. The maximum absolute atomic E-state index is 13.0. The number of hydrogen-bond acceptors (Lipinski definition) is 3. The predicted molar refractivity (Wildman–Crippen MR) is 117 cm³/mol. The summed E-state index contributed by atoms with van der Waals surface area (Å²) in [5.74, 6) is 0.206. The molecule has 5 nitrogen and oxygen atoms in total. The largest absolute Gasteiger partial charge is 0.322 e. The molecule has 2 aromatic carbocycles. The lowest BCUT2D eigenvalue weighted by molar-refractivity contribution is 0.102. The van der Waals surface area contributed by atoms with Gasteiger partial charge in [0.2, 0.25) is 10.0 Å². The number of halogens is 1. The fraction of sp³-hybridized carbons (Fsp3) is 0.381. The van der Waals surface area contributed by atoms with Crippen LogP contribution in [0, 0.1) is 11.8 Å². The van der Waals surface area contributed by atoms with Gasteiger partial charge in [0.25, 0.3) is 5.91 Å². The van der Waals surface area contributed by atoms with Crippen molar-refractivity contribution < 1.29 is 13.2 Å².